The molecule has 0 aromatic rings. The number of amides is 2. The molecule has 0 spiro atoms. The number of aliphatic hydroxyl groups excluding tert-OH is 2. The molecular weight excluding hydrogens is 400 g/mol. The van der Waals surface area contributed by atoms with Crippen LogP contribution in [0.2, 0.25) is 0 Å². The van der Waals surface area contributed by atoms with Crippen LogP contribution < -0.4 is 0 Å². The van der Waals surface area contributed by atoms with E-state index < -0.39 is 18.3 Å². The van der Waals surface area contributed by atoms with Gasteiger partial charge in [0.2, 0.25) is 11.8 Å². The Morgan fingerprint density at radius 3 is 2.32 bits per heavy atom. The zero-order valence-electron chi connectivity index (χ0n) is 20.2. The van der Waals surface area contributed by atoms with Crippen LogP contribution in [0.4, 0.5) is 0 Å². The zero-order valence-corrected chi connectivity index (χ0v) is 20.2. The van der Waals surface area contributed by atoms with Gasteiger partial charge >= 0.3 is 0 Å². The second-order valence-corrected chi connectivity index (χ2v) is 9.51. The van der Waals surface area contributed by atoms with E-state index in [4.69, 9.17) is 9.47 Å². The highest BCUT2D eigenvalue weighted by molar-refractivity contribution is 5.77. The van der Waals surface area contributed by atoms with Gasteiger partial charge in [-0.05, 0) is 31.1 Å². The smallest absolute Gasteiger partial charge is 0.223 e. The molecule has 4 atom stereocenters. The maximum absolute atomic E-state index is 13.1. The SMILES string of the molecule is CO[C@@H]1CN(C(C)=O)C[C@@H](CC(C)C)N(C(=O)CC(C)C)CCCCOC[C@@H](O)[C@H]1O. The van der Waals surface area contributed by atoms with Gasteiger partial charge in [0.05, 0.1) is 6.61 Å². The molecule has 1 aliphatic rings. The number of aliphatic hydroxyl groups is 2. The lowest BCUT2D eigenvalue weighted by Crippen LogP contribution is -2.53. The van der Waals surface area contributed by atoms with Crippen molar-refractivity contribution >= 4 is 11.8 Å². The first-order valence-electron chi connectivity index (χ1n) is 11.6. The van der Waals surface area contributed by atoms with Crippen LogP contribution in [-0.2, 0) is 19.1 Å². The lowest BCUT2D eigenvalue weighted by Gasteiger charge is -2.38. The molecule has 0 bridgehead atoms. The average Bonchev–Trinajstić information content (AvgIpc) is 2.67. The number of hydrogen-bond acceptors (Lipinski definition) is 6. The van der Waals surface area contributed by atoms with Gasteiger partial charge in [-0.25, -0.2) is 0 Å². The van der Waals surface area contributed by atoms with Crippen molar-refractivity contribution in [3.8, 4) is 0 Å². The summed E-state index contributed by atoms with van der Waals surface area (Å²) in [4.78, 5) is 29.2. The molecule has 0 aromatic heterocycles. The number of hydrogen-bond donors (Lipinski definition) is 2. The summed E-state index contributed by atoms with van der Waals surface area (Å²) in [5.74, 6) is 0.552. The Bertz CT molecular complexity index is 542. The monoisotopic (exact) mass is 444 g/mol. The van der Waals surface area contributed by atoms with Gasteiger partial charge in [0.25, 0.3) is 0 Å². The number of rotatable bonds is 5. The average molecular weight is 445 g/mol. The summed E-state index contributed by atoms with van der Waals surface area (Å²) in [6.07, 6.45) is -0.284. The fourth-order valence-corrected chi connectivity index (χ4v) is 3.98. The van der Waals surface area contributed by atoms with Gasteiger partial charge in [0, 0.05) is 52.7 Å². The lowest BCUT2D eigenvalue weighted by atomic mass is 9.99. The highest BCUT2D eigenvalue weighted by Gasteiger charge is 2.32. The first-order valence-corrected chi connectivity index (χ1v) is 11.6. The van der Waals surface area contributed by atoms with Crippen molar-refractivity contribution in [3.63, 3.8) is 0 Å². The summed E-state index contributed by atoms with van der Waals surface area (Å²) >= 11 is 0. The highest BCUT2D eigenvalue weighted by atomic mass is 16.5. The highest BCUT2D eigenvalue weighted by Crippen LogP contribution is 2.19. The van der Waals surface area contributed by atoms with Crippen molar-refractivity contribution in [1.82, 2.24) is 9.80 Å². The Kier molecular flexibility index (Phi) is 12.6. The van der Waals surface area contributed by atoms with Crippen molar-refractivity contribution in [2.75, 3.05) is 40.0 Å². The molecule has 8 nitrogen and oxygen atoms in total. The Labute approximate surface area is 187 Å². The van der Waals surface area contributed by atoms with Crippen LogP contribution in [0.3, 0.4) is 0 Å². The largest absolute Gasteiger partial charge is 0.388 e. The quantitative estimate of drug-likeness (QED) is 0.669. The summed E-state index contributed by atoms with van der Waals surface area (Å²) in [5.41, 5.74) is 0. The third-order valence-electron chi connectivity index (χ3n) is 5.67. The van der Waals surface area contributed by atoms with E-state index in [0.717, 1.165) is 19.3 Å². The van der Waals surface area contributed by atoms with Gasteiger partial charge in [-0.2, -0.15) is 0 Å². The second-order valence-electron chi connectivity index (χ2n) is 9.51. The first kappa shape index (κ1) is 27.8. The number of ether oxygens (including phenoxy) is 2. The number of methoxy groups -OCH3 is 1. The Morgan fingerprint density at radius 2 is 1.77 bits per heavy atom. The summed E-state index contributed by atoms with van der Waals surface area (Å²) in [6.45, 7) is 11.3. The molecule has 2 amide bonds. The first-order chi connectivity index (χ1) is 14.6. The maximum atomic E-state index is 13.1. The fraction of sp³-hybridized carbons (Fsp3) is 0.913. The predicted molar refractivity (Wildman–Crippen MR) is 120 cm³/mol. The lowest BCUT2D eigenvalue weighted by molar-refractivity contribution is -0.142. The minimum atomic E-state index is -1.18. The molecule has 1 saturated heterocycles. The molecule has 0 aliphatic carbocycles. The number of carbonyl (C=O) groups excluding carboxylic acids is 2. The van der Waals surface area contributed by atoms with Crippen LogP contribution in [0, 0.1) is 11.8 Å². The summed E-state index contributed by atoms with van der Waals surface area (Å²) in [5, 5.41) is 20.8. The molecule has 2 N–H and O–H groups in total. The molecule has 0 radical (unpaired) electrons. The molecule has 0 unspecified atom stereocenters. The van der Waals surface area contributed by atoms with Gasteiger partial charge in [0.15, 0.2) is 0 Å². The molecule has 31 heavy (non-hydrogen) atoms. The Balaban J connectivity index is 3.22. The van der Waals surface area contributed by atoms with Crippen molar-refractivity contribution in [2.24, 2.45) is 11.8 Å². The minimum Gasteiger partial charge on any atom is -0.388 e. The molecule has 182 valence electrons. The zero-order chi connectivity index (χ0) is 23.6. The van der Waals surface area contributed by atoms with E-state index in [2.05, 4.69) is 13.8 Å². The van der Waals surface area contributed by atoms with Gasteiger partial charge < -0.3 is 29.5 Å². The van der Waals surface area contributed by atoms with Gasteiger partial charge in [-0.1, -0.05) is 27.7 Å². The van der Waals surface area contributed by atoms with Crippen LogP contribution in [-0.4, -0.2) is 96.1 Å². The van der Waals surface area contributed by atoms with E-state index in [-0.39, 0.29) is 36.9 Å². The van der Waals surface area contributed by atoms with Crippen LogP contribution in [0.15, 0.2) is 0 Å². The standard InChI is InChI=1S/C23H44N2O6/c1-16(2)11-19-13-24(18(5)26)14-21(30-6)23(29)20(27)15-31-10-8-7-9-25(19)22(28)12-17(3)4/h16-17,19-21,23,27,29H,7-15H2,1-6H3/t19-,20-,21-,23-/m1/s1. The number of carbonyl (C=O) groups is 2. The Hall–Kier alpha value is -1.22. The predicted octanol–water partition coefficient (Wildman–Crippen LogP) is 1.67. The van der Waals surface area contributed by atoms with Crippen LogP contribution in [0.1, 0.15) is 60.3 Å². The molecule has 1 aliphatic heterocycles. The summed E-state index contributed by atoms with van der Waals surface area (Å²) in [6, 6.07) is -0.126. The molecular formula is C23H44N2O6. The minimum absolute atomic E-state index is 0.00688. The van der Waals surface area contributed by atoms with Crippen molar-refractivity contribution < 1.29 is 29.3 Å². The van der Waals surface area contributed by atoms with Crippen LogP contribution in [0.25, 0.3) is 0 Å². The van der Waals surface area contributed by atoms with Crippen molar-refractivity contribution in [1.29, 1.82) is 0 Å². The van der Waals surface area contributed by atoms with E-state index in [1.54, 1.807) is 4.90 Å². The maximum Gasteiger partial charge on any atom is 0.223 e. The van der Waals surface area contributed by atoms with Crippen LogP contribution in [0.5, 0.6) is 0 Å². The topological polar surface area (TPSA) is 99.5 Å². The van der Waals surface area contributed by atoms with E-state index in [0.29, 0.717) is 32.0 Å². The third-order valence-corrected chi connectivity index (χ3v) is 5.67. The number of nitrogens with zero attached hydrogens (tertiary/aromatic N) is 2. The molecule has 1 rings (SSSR count). The van der Waals surface area contributed by atoms with Gasteiger partial charge in [0.1, 0.15) is 18.3 Å². The molecule has 0 aromatic carbocycles. The van der Waals surface area contributed by atoms with E-state index >= 15 is 0 Å². The van der Waals surface area contributed by atoms with E-state index in [1.807, 2.05) is 18.7 Å². The van der Waals surface area contributed by atoms with Gasteiger partial charge in [-0.3, -0.25) is 9.59 Å². The molecule has 1 heterocycles. The second kappa shape index (κ2) is 14.0. The molecule has 0 saturated carbocycles. The summed E-state index contributed by atoms with van der Waals surface area (Å²) < 4.78 is 10.9. The van der Waals surface area contributed by atoms with Crippen LogP contribution >= 0.6 is 0 Å². The van der Waals surface area contributed by atoms with Crippen molar-refractivity contribution in [2.45, 2.75) is 84.7 Å². The van der Waals surface area contributed by atoms with Crippen molar-refractivity contribution in [3.05, 3.63) is 0 Å². The summed E-state index contributed by atoms with van der Waals surface area (Å²) in [7, 11) is 1.45. The van der Waals surface area contributed by atoms with Gasteiger partial charge in [-0.15, -0.1) is 0 Å². The molecule has 1 fully saturated rings. The fourth-order valence-electron chi connectivity index (χ4n) is 3.98. The Morgan fingerprint density at radius 1 is 1.10 bits per heavy atom. The van der Waals surface area contributed by atoms with E-state index in [1.165, 1.54) is 14.0 Å². The normalized spacial score (nSPS) is 27.4. The molecule has 8 heteroatoms. The third kappa shape index (κ3) is 9.85. The van der Waals surface area contributed by atoms with E-state index in [9.17, 15) is 19.8 Å².